The second-order valence-corrected chi connectivity index (χ2v) is 12.8. The normalized spacial score (nSPS) is 14.8. The number of morpholine rings is 1. The molecule has 194 valence electrons. The zero-order valence-corrected chi connectivity index (χ0v) is 22.5. The van der Waals surface area contributed by atoms with Gasteiger partial charge in [-0.05, 0) is 45.0 Å². The van der Waals surface area contributed by atoms with Crippen molar-refractivity contribution in [2.45, 2.75) is 30.7 Å². The molecule has 3 aromatic heterocycles. The van der Waals surface area contributed by atoms with Gasteiger partial charge in [-0.2, -0.15) is 0 Å². The summed E-state index contributed by atoms with van der Waals surface area (Å²) in [7, 11) is -3.48. The Morgan fingerprint density at radius 3 is 2.57 bits per heavy atom. The first kappa shape index (κ1) is 25.2. The summed E-state index contributed by atoms with van der Waals surface area (Å²) in [6.45, 7) is 8.11. The number of carbonyl (C=O) groups excluding carboxylic acids is 1. The van der Waals surface area contributed by atoms with E-state index >= 15 is 0 Å². The smallest absolute Gasteiger partial charge is 0.419 e. The van der Waals surface area contributed by atoms with E-state index in [4.69, 9.17) is 14.5 Å². The average Bonchev–Trinajstić information content (AvgIpc) is 3.49. The van der Waals surface area contributed by atoms with Crippen LogP contribution >= 0.6 is 11.3 Å². The summed E-state index contributed by atoms with van der Waals surface area (Å²) in [5.41, 5.74) is 1.20. The molecule has 4 heterocycles. The first-order valence-electron chi connectivity index (χ1n) is 11.6. The minimum atomic E-state index is -3.48. The van der Waals surface area contributed by atoms with E-state index in [0.29, 0.717) is 46.1 Å². The maximum absolute atomic E-state index is 13.1. The SMILES string of the molecule is CC(C)(C)OC(=O)n1cc(-c2nccc(N3CCOCC3)n2)c2cc(-c3nnc(S(C)(=O)=O)s3)ccc21. The molecule has 13 heteroatoms. The van der Waals surface area contributed by atoms with E-state index in [0.717, 1.165) is 36.5 Å². The van der Waals surface area contributed by atoms with Gasteiger partial charge in [-0.25, -0.2) is 23.2 Å². The molecule has 0 bridgehead atoms. The van der Waals surface area contributed by atoms with Crippen molar-refractivity contribution in [1.29, 1.82) is 0 Å². The van der Waals surface area contributed by atoms with Crippen LogP contribution in [0.2, 0.25) is 0 Å². The maximum atomic E-state index is 13.1. The Morgan fingerprint density at radius 2 is 1.89 bits per heavy atom. The first-order chi connectivity index (χ1) is 17.5. The van der Waals surface area contributed by atoms with E-state index in [9.17, 15) is 13.2 Å². The van der Waals surface area contributed by atoms with Gasteiger partial charge in [0.05, 0.1) is 18.7 Å². The quantitative estimate of drug-likeness (QED) is 0.377. The highest BCUT2D eigenvalue weighted by Gasteiger charge is 2.24. The van der Waals surface area contributed by atoms with Crippen molar-refractivity contribution in [3.05, 3.63) is 36.7 Å². The summed E-state index contributed by atoms with van der Waals surface area (Å²) in [6, 6.07) is 7.22. The molecule has 37 heavy (non-hydrogen) atoms. The highest BCUT2D eigenvalue weighted by molar-refractivity contribution is 7.92. The van der Waals surface area contributed by atoms with Gasteiger partial charge in [0.15, 0.2) is 5.82 Å². The number of rotatable bonds is 4. The number of aromatic nitrogens is 5. The molecule has 0 aliphatic carbocycles. The van der Waals surface area contributed by atoms with Crippen LogP contribution < -0.4 is 4.90 Å². The Labute approximate surface area is 218 Å². The molecule has 0 saturated carbocycles. The summed E-state index contributed by atoms with van der Waals surface area (Å²) in [6.07, 6.45) is 3.93. The molecule has 11 nitrogen and oxygen atoms in total. The molecule has 0 amide bonds. The minimum Gasteiger partial charge on any atom is -0.443 e. The molecule has 0 radical (unpaired) electrons. The van der Waals surface area contributed by atoms with Crippen molar-refractivity contribution in [1.82, 2.24) is 24.7 Å². The Kier molecular flexibility index (Phi) is 6.46. The lowest BCUT2D eigenvalue weighted by Gasteiger charge is -2.27. The third kappa shape index (κ3) is 5.33. The molecule has 1 aromatic carbocycles. The third-order valence-electron chi connectivity index (χ3n) is 5.58. The van der Waals surface area contributed by atoms with Crippen LogP contribution in [0.4, 0.5) is 10.6 Å². The van der Waals surface area contributed by atoms with Crippen LogP contribution in [0.15, 0.2) is 41.0 Å². The van der Waals surface area contributed by atoms with E-state index in [-0.39, 0.29) is 4.34 Å². The van der Waals surface area contributed by atoms with Crippen LogP contribution in [0.1, 0.15) is 20.8 Å². The molecule has 0 unspecified atom stereocenters. The van der Waals surface area contributed by atoms with Crippen molar-refractivity contribution < 1.29 is 22.7 Å². The molecule has 0 atom stereocenters. The molecule has 4 aromatic rings. The summed E-state index contributed by atoms with van der Waals surface area (Å²) < 4.78 is 36.3. The molecular formula is C24H26N6O5S2. The van der Waals surface area contributed by atoms with E-state index in [1.165, 1.54) is 4.57 Å². The number of sulfone groups is 1. The largest absolute Gasteiger partial charge is 0.443 e. The highest BCUT2D eigenvalue weighted by atomic mass is 32.2. The number of anilines is 1. The van der Waals surface area contributed by atoms with E-state index in [1.807, 2.05) is 12.1 Å². The molecule has 1 aliphatic heterocycles. The van der Waals surface area contributed by atoms with Gasteiger partial charge in [-0.1, -0.05) is 11.3 Å². The lowest BCUT2D eigenvalue weighted by molar-refractivity contribution is 0.0544. The standard InChI is InChI=1S/C24H26N6O5S2/c1-24(2,3)35-23(31)30-14-17(20-25-8-7-19(26-20)29-9-11-34-12-10-29)16-13-15(5-6-18(16)30)21-27-28-22(36-21)37(4,32)33/h5-8,13-14H,9-12H2,1-4H3. The fourth-order valence-electron chi connectivity index (χ4n) is 3.93. The lowest BCUT2D eigenvalue weighted by Crippen LogP contribution is -2.36. The molecule has 1 fully saturated rings. The number of benzene rings is 1. The fourth-order valence-corrected chi connectivity index (χ4v) is 5.53. The van der Waals surface area contributed by atoms with Crippen molar-refractivity contribution in [2.24, 2.45) is 0 Å². The predicted octanol–water partition coefficient (Wildman–Crippen LogP) is 3.64. The van der Waals surface area contributed by atoms with Crippen LogP contribution in [-0.4, -0.2) is 77.4 Å². The predicted molar refractivity (Wildman–Crippen MR) is 140 cm³/mol. The van der Waals surface area contributed by atoms with Crippen LogP contribution in [0.25, 0.3) is 32.9 Å². The number of carbonyl (C=O) groups is 1. The number of hydrogen-bond donors (Lipinski definition) is 0. The second-order valence-electron chi connectivity index (χ2n) is 9.61. The van der Waals surface area contributed by atoms with Gasteiger partial charge in [0, 0.05) is 48.3 Å². The van der Waals surface area contributed by atoms with Gasteiger partial charge >= 0.3 is 6.09 Å². The minimum absolute atomic E-state index is 0.0595. The highest BCUT2D eigenvalue weighted by Crippen LogP contribution is 2.35. The lowest BCUT2D eigenvalue weighted by atomic mass is 10.1. The fraction of sp³-hybridized carbons (Fsp3) is 0.375. The third-order valence-corrected chi connectivity index (χ3v) is 8.22. The van der Waals surface area contributed by atoms with Crippen LogP contribution in [-0.2, 0) is 19.3 Å². The molecule has 0 N–H and O–H groups in total. The maximum Gasteiger partial charge on any atom is 0.419 e. The van der Waals surface area contributed by atoms with Gasteiger partial charge in [-0.15, -0.1) is 10.2 Å². The van der Waals surface area contributed by atoms with Gasteiger partial charge in [0.1, 0.15) is 16.4 Å². The molecular weight excluding hydrogens is 516 g/mol. The number of nitrogens with zero attached hydrogens (tertiary/aromatic N) is 6. The topological polar surface area (TPSA) is 129 Å². The van der Waals surface area contributed by atoms with Gasteiger partial charge < -0.3 is 14.4 Å². The molecule has 1 aliphatic rings. The Morgan fingerprint density at radius 1 is 1.14 bits per heavy atom. The van der Waals surface area contributed by atoms with Gasteiger partial charge in [0.2, 0.25) is 14.2 Å². The second kappa shape index (κ2) is 9.47. The van der Waals surface area contributed by atoms with Crippen LogP contribution in [0.5, 0.6) is 0 Å². The Hall–Kier alpha value is -3.42. The van der Waals surface area contributed by atoms with Crippen molar-refractivity contribution in [2.75, 3.05) is 37.5 Å². The average molecular weight is 543 g/mol. The zero-order valence-electron chi connectivity index (χ0n) is 20.8. The first-order valence-corrected chi connectivity index (χ1v) is 14.3. The summed E-state index contributed by atoms with van der Waals surface area (Å²) in [5, 5.41) is 9.03. The Balaban J connectivity index is 1.64. The summed E-state index contributed by atoms with van der Waals surface area (Å²) >= 11 is 0.987. The number of hydrogen-bond acceptors (Lipinski definition) is 11. The van der Waals surface area contributed by atoms with E-state index in [1.54, 1.807) is 45.3 Å². The van der Waals surface area contributed by atoms with Gasteiger partial charge in [-0.3, -0.25) is 4.57 Å². The van der Waals surface area contributed by atoms with Crippen LogP contribution in [0, 0.1) is 0 Å². The molecule has 0 spiro atoms. The zero-order chi connectivity index (χ0) is 26.4. The summed E-state index contributed by atoms with van der Waals surface area (Å²) in [4.78, 5) is 24.5. The monoisotopic (exact) mass is 542 g/mol. The van der Waals surface area contributed by atoms with Crippen molar-refractivity contribution >= 4 is 44.0 Å². The summed E-state index contributed by atoms with van der Waals surface area (Å²) in [5.74, 6) is 1.21. The van der Waals surface area contributed by atoms with E-state index in [2.05, 4.69) is 20.1 Å². The van der Waals surface area contributed by atoms with Gasteiger partial charge in [0.25, 0.3) is 0 Å². The molecule has 5 rings (SSSR count). The van der Waals surface area contributed by atoms with Crippen LogP contribution in [0.3, 0.4) is 0 Å². The van der Waals surface area contributed by atoms with E-state index < -0.39 is 21.5 Å². The number of fused-ring (bicyclic) bond motifs is 1. The molecule has 1 saturated heterocycles. The Bertz CT molecular complexity index is 1580. The number of ether oxygens (including phenoxy) is 2. The van der Waals surface area contributed by atoms with Crippen molar-refractivity contribution in [3.8, 4) is 22.0 Å². The van der Waals surface area contributed by atoms with Crippen molar-refractivity contribution in [3.63, 3.8) is 0 Å².